The van der Waals surface area contributed by atoms with E-state index in [0.29, 0.717) is 13.1 Å². The van der Waals surface area contributed by atoms with E-state index in [-0.39, 0.29) is 0 Å². The molecular formula is C17H22BrN3O3. The number of benzene rings is 1. The maximum absolute atomic E-state index is 11.6. The molecule has 0 unspecified atom stereocenters. The van der Waals surface area contributed by atoms with Crippen molar-refractivity contribution in [1.82, 2.24) is 15.1 Å². The number of methoxy groups -OCH3 is 1. The lowest BCUT2D eigenvalue weighted by Gasteiger charge is -2.19. The number of hydrogen-bond acceptors (Lipinski definition) is 4. The van der Waals surface area contributed by atoms with Crippen LogP contribution in [0.25, 0.3) is 11.1 Å². The van der Waals surface area contributed by atoms with Gasteiger partial charge < -0.3 is 14.8 Å². The van der Waals surface area contributed by atoms with E-state index in [1.54, 1.807) is 18.0 Å². The van der Waals surface area contributed by atoms with Crippen molar-refractivity contribution in [2.24, 2.45) is 0 Å². The number of ether oxygens (including phenoxy) is 2. The highest BCUT2D eigenvalue weighted by atomic mass is 79.9. The Balaban J connectivity index is 1.97. The lowest BCUT2D eigenvalue weighted by atomic mass is 10.1. The minimum absolute atomic E-state index is 0.427. The van der Waals surface area contributed by atoms with Crippen LogP contribution in [0.15, 0.2) is 35.1 Å². The van der Waals surface area contributed by atoms with Gasteiger partial charge in [0.1, 0.15) is 11.4 Å². The minimum atomic E-state index is -0.500. The van der Waals surface area contributed by atoms with Gasteiger partial charge in [-0.25, -0.2) is 4.79 Å². The third-order valence-corrected chi connectivity index (χ3v) is 3.75. The smallest absolute Gasteiger partial charge is 0.407 e. The number of carbonyl (C=O) groups excluding carboxylic acids is 1. The first-order chi connectivity index (χ1) is 11.3. The molecule has 2 aromatic rings. The van der Waals surface area contributed by atoms with Gasteiger partial charge in [-0.1, -0.05) is 12.1 Å². The summed E-state index contributed by atoms with van der Waals surface area (Å²) in [5.41, 5.74) is 1.41. The average molecular weight is 396 g/mol. The summed E-state index contributed by atoms with van der Waals surface area (Å²) in [6.07, 6.45) is 3.27. The van der Waals surface area contributed by atoms with E-state index >= 15 is 0 Å². The van der Waals surface area contributed by atoms with Crippen LogP contribution in [0.4, 0.5) is 4.79 Å². The molecule has 0 aliphatic rings. The second-order valence-electron chi connectivity index (χ2n) is 6.24. The molecule has 24 heavy (non-hydrogen) atoms. The quantitative estimate of drug-likeness (QED) is 0.834. The lowest BCUT2D eigenvalue weighted by molar-refractivity contribution is 0.0525. The number of amides is 1. The monoisotopic (exact) mass is 395 g/mol. The summed E-state index contributed by atoms with van der Waals surface area (Å²) in [5, 5.41) is 7.04. The molecule has 6 nitrogen and oxygen atoms in total. The van der Waals surface area contributed by atoms with E-state index in [1.807, 2.05) is 45.2 Å². The van der Waals surface area contributed by atoms with Crippen molar-refractivity contribution >= 4 is 22.0 Å². The van der Waals surface area contributed by atoms with Gasteiger partial charge in [-0.3, -0.25) is 4.68 Å². The minimum Gasteiger partial charge on any atom is -0.495 e. The molecule has 0 atom stereocenters. The van der Waals surface area contributed by atoms with Crippen molar-refractivity contribution in [3.63, 3.8) is 0 Å². The number of halogens is 1. The number of nitrogens with one attached hydrogen (secondary N) is 1. The molecule has 1 aromatic heterocycles. The van der Waals surface area contributed by atoms with Gasteiger partial charge in [0, 0.05) is 23.9 Å². The van der Waals surface area contributed by atoms with Crippen LogP contribution in [-0.2, 0) is 11.3 Å². The molecule has 1 aromatic carbocycles. The molecule has 0 aliphatic carbocycles. The van der Waals surface area contributed by atoms with E-state index in [0.717, 1.165) is 21.3 Å². The third kappa shape index (κ3) is 4.99. The number of aromatic nitrogens is 2. The molecule has 1 amide bonds. The standard InChI is InChI=1S/C17H22BrN3O3/c1-17(2,3)24-16(22)19-8-9-21-11-12(10-20-21)13-6-5-7-14(18)15(13)23-4/h5-7,10-11H,8-9H2,1-4H3,(H,19,22). The Labute approximate surface area is 150 Å². The molecule has 1 N–H and O–H groups in total. The number of alkyl carbamates (subject to hydrolysis) is 1. The molecule has 0 saturated carbocycles. The fourth-order valence-electron chi connectivity index (χ4n) is 2.16. The molecule has 0 bridgehead atoms. The van der Waals surface area contributed by atoms with Crippen molar-refractivity contribution < 1.29 is 14.3 Å². The Morgan fingerprint density at radius 3 is 2.79 bits per heavy atom. The van der Waals surface area contributed by atoms with E-state index in [4.69, 9.17) is 9.47 Å². The second kappa shape index (κ2) is 7.70. The van der Waals surface area contributed by atoms with Crippen molar-refractivity contribution in [2.75, 3.05) is 13.7 Å². The molecule has 7 heteroatoms. The summed E-state index contributed by atoms with van der Waals surface area (Å²) in [6.45, 7) is 6.48. The van der Waals surface area contributed by atoms with Crippen LogP contribution in [0.3, 0.4) is 0 Å². The van der Waals surface area contributed by atoms with Gasteiger partial charge in [0.15, 0.2) is 0 Å². The fraction of sp³-hybridized carbons (Fsp3) is 0.412. The van der Waals surface area contributed by atoms with Gasteiger partial charge in [-0.2, -0.15) is 5.10 Å². The van der Waals surface area contributed by atoms with Crippen molar-refractivity contribution in [3.8, 4) is 16.9 Å². The van der Waals surface area contributed by atoms with E-state index < -0.39 is 11.7 Å². The zero-order chi connectivity index (χ0) is 17.7. The predicted molar refractivity (Wildman–Crippen MR) is 96.2 cm³/mol. The number of nitrogens with zero attached hydrogens (tertiary/aromatic N) is 2. The summed E-state index contributed by atoms with van der Waals surface area (Å²) in [7, 11) is 1.64. The highest BCUT2D eigenvalue weighted by molar-refractivity contribution is 9.10. The van der Waals surface area contributed by atoms with Crippen LogP contribution in [0, 0.1) is 0 Å². The van der Waals surface area contributed by atoms with Crippen LogP contribution >= 0.6 is 15.9 Å². The first-order valence-corrected chi connectivity index (χ1v) is 8.41. The molecule has 0 spiro atoms. The molecule has 0 saturated heterocycles. The highest BCUT2D eigenvalue weighted by Gasteiger charge is 2.15. The second-order valence-corrected chi connectivity index (χ2v) is 7.10. The molecule has 1 heterocycles. The van der Waals surface area contributed by atoms with Crippen LogP contribution < -0.4 is 10.1 Å². The first kappa shape index (κ1) is 18.3. The summed E-state index contributed by atoms with van der Waals surface area (Å²) in [6, 6.07) is 5.85. The number of hydrogen-bond donors (Lipinski definition) is 1. The molecule has 2 rings (SSSR count). The molecule has 130 valence electrons. The van der Waals surface area contributed by atoms with Crippen molar-refractivity contribution in [1.29, 1.82) is 0 Å². The number of rotatable bonds is 5. The van der Waals surface area contributed by atoms with E-state index in [2.05, 4.69) is 26.3 Å². The molecular weight excluding hydrogens is 374 g/mol. The Hall–Kier alpha value is -2.02. The Kier molecular flexibility index (Phi) is 5.88. The van der Waals surface area contributed by atoms with Crippen LogP contribution in [-0.4, -0.2) is 35.1 Å². The van der Waals surface area contributed by atoms with Crippen LogP contribution in [0.5, 0.6) is 5.75 Å². The average Bonchev–Trinajstić information content (AvgIpc) is 2.93. The largest absolute Gasteiger partial charge is 0.495 e. The Bertz CT molecular complexity index is 707. The van der Waals surface area contributed by atoms with Gasteiger partial charge in [0.05, 0.1) is 24.3 Å². The van der Waals surface area contributed by atoms with Gasteiger partial charge in [-0.15, -0.1) is 0 Å². The fourth-order valence-corrected chi connectivity index (χ4v) is 2.68. The summed E-state index contributed by atoms with van der Waals surface area (Å²) < 4.78 is 13.3. The zero-order valence-electron chi connectivity index (χ0n) is 14.3. The summed E-state index contributed by atoms with van der Waals surface area (Å²) in [4.78, 5) is 11.6. The lowest BCUT2D eigenvalue weighted by Crippen LogP contribution is -2.34. The predicted octanol–water partition coefficient (Wildman–Crippen LogP) is 3.85. The molecule has 0 radical (unpaired) electrons. The highest BCUT2D eigenvalue weighted by Crippen LogP contribution is 2.35. The topological polar surface area (TPSA) is 65.4 Å². The Morgan fingerprint density at radius 1 is 1.38 bits per heavy atom. The number of carbonyl (C=O) groups is 1. The van der Waals surface area contributed by atoms with Gasteiger partial charge in [0.2, 0.25) is 0 Å². The molecule has 0 fully saturated rings. The SMILES string of the molecule is COc1c(Br)cccc1-c1cnn(CCNC(=O)OC(C)(C)C)c1. The van der Waals surface area contributed by atoms with Gasteiger partial charge >= 0.3 is 6.09 Å². The Morgan fingerprint density at radius 2 is 2.12 bits per heavy atom. The maximum Gasteiger partial charge on any atom is 0.407 e. The van der Waals surface area contributed by atoms with E-state index in [1.165, 1.54) is 0 Å². The van der Waals surface area contributed by atoms with E-state index in [9.17, 15) is 4.79 Å². The van der Waals surface area contributed by atoms with Crippen molar-refractivity contribution in [3.05, 3.63) is 35.1 Å². The maximum atomic E-state index is 11.6. The summed E-state index contributed by atoms with van der Waals surface area (Å²) in [5.74, 6) is 0.768. The normalized spacial score (nSPS) is 11.2. The summed E-state index contributed by atoms with van der Waals surface area (Å²) >= 11 is 3.48. The van der Waals surface area contributed by atoms with Crippen LogP contribution in [0.2, 0.25) is 0 Å². The van der Waals surface area contributed by atoms with Gasteiger partial charge in [0.25, 0.3) is 0 Å². The zero-order valence-corrected chi connectivity index (χ0v) is 15.9. The van der Waals surface area contributed by atoms with Crippen LogP contribution in [0.1, 0.15) is 20.8 Å². The first-order valence-electron chi connectivity index (χ1n) is 7.62. The third-order valence-electron chi connectivity index (χ3n) is 3.12. The van der Waals surface area contributed by atoms with Crippen molar-refractivity contribution in [2.45, 2.75) is 32.9 Å². The molecule has 0 aliphatic heterocycles. The van der Waals surface area contributed by atoms with Gasteiger partial charge in [-0.05, 0) is 42.8 Å². The number of para-hydroxylation sites is 1.